The van der Waals surface area contributed by atoms with Crippen LogP contribution >= 0.6 is 23.1 Å². The molecule has 7 nitrogen and oxygen atoms in total. The van der Waals surface area contributed by atoms with E-state index in [1.54, 1.807) is 6.07 Å². The molecule has 4 atom stereocenters. The van der Waals surface area contributed by atoms with Crippen molar-refractivity contribution in [2.45, 2.75) is 17.7 Å². The zero-order valence-corrected chi connectivity index (χ0v) is 20.0. The lowest BCUT2D eigenvalue weighted by molar-refractivity contribution is -0.146. The molecule has 2 aromatic carbocycles. The Kier molecular flexibility index (Phi) is 6.14. The zero-order valence-electron chi connectivity index (χ0n) is 18.4. The van der Waals surface area contributed by atoms with Gasteiger partial charge in [0.15, 0.2) is 4.34 Å². The average molecular weight is 494 g/mol. The highest BCUT2D eigenvalue weighted by Gasteiger charge is 2.51. The summed E-state index contributed by atoms with van der Waals surface area (Å²) in [5, 5.41) is 15.4. The molecule has 1 fully saturated rings. The number of nitrogens with one attached hydrogen (secondary N) is 2. The van der Waals surface area contributed by atoms with E-state index in [2.05, 4.69) is 15.6 Å². The molecular weight excluding hydrogens is 470 g/mol. The second-order valence-corrected chi connectivity index (χ2v) is 10.9. The maximum atomic E-state index is 12.9. The van der Waals surface area contributed by atoms with E-state index in [1.807, 2.05) is 55.5 Å². The number of aliphatic carboxylic acids is 1. The molecular formula is C25H23N3O4S2. The van der Waals surface area contributed by atoms with E-state index in [0.717, 1.165) is 32.2 Å². The standard InChI is InChI=1S/C25H23N3O4S2/c1-13-3-2-4-16(9-13)26-20(29)12-33-25-28-18-8-7-17(11-19(18)34-25)27-23(30)21-14-5-6-15(10-14)22(21)24(31)32/h2-9,11,14-15,21-22H,10,12H2,1H3,(H,26,29)(H,27,30)(H,31,32)/t14-,15-,21-,22-/m0/s1. The molecule has 9 heteroatoms. The number of fused-ring (bicyclic) bond motifs is 3. The lowest BCUT2D eigenvalue weighted by atomic mass is 9.82. The number of benzene rings is 2. The highest BCUT2D eigenvalue weighted by molar-refractivity contribution is 8.01. The predicted octanol–water partition coefficient (Wildman–Crippen LogP) is 4.80. The molecule has 0 radical (unpaired) electrons. The largest absolute Gasteiger partial charge is 0.481 e. The van der Waals surface area contributed by atoms with Gasteiger partial charge in [-0.3, -0.25) is 14.4 Å². The quantitative estimate of drug-likeness (QED) is 0.322. The van der Waals surface area contributed by atoms with E-state index >= 15 is 0 Å². The van der Waals surface area contributed by atoms with Crippen LogP contribution in [0.2, 0.25) is 0 Å². The van der Waals surface area contributed by atoms with Gasteiger partial charge in [0.1, 0.15) is 0 Å². The molecule has 3 N–H and O–H groups in total. The van der Waals surface area contributed by atoms with E-state index < -0.39 is 17.8 Å². The first kappa shape index (κ1) is 22.6. The third-order valence-corrected chi connectivity index (χ3v) is 8.47. The van der Waals surface area contributed by atoms with Crippen LogP contribution in [0.25, 0.3) is 10.2 Å². The van der Waals surface area contributed by atoms with Gasteiger partial charge in [-0.1, -0.05) is 36.0 Å². The molecule has 0 aliphatic heterocycles. The number of thioether (sulfide) groups is 1. The minimum absolute atomic E-state index is 0.0211. The van der Waals surface area contributed by atoms with Crippen molar-refractivity contribution in [3.63, 3.8) is 0 Å². The Labute approximate surface area is 204 Å². The number of anilines is 2. The number of carbonyl (C=O) groups is 3. The monoisotopic (exact) mass is 493 g/mol. The third-order valence-electron chi connectivity index (χ3n) is 6.31. The molecule has 0 saturated heterocycles. The van der Waals surface area contributed by atoms with E-state index in [9.17, 15) is 19.5 Å². The number of hydrogen-bond donors (Lipinski definition) is 3. The number of aromatic nitrogens is 1. The molecule has 3 aromatic rings. The molecule has 0 spiro atoms. The van der Waals surface area contributed by atoms with Crippen molar-refractivity contribution in [2.24, 2.45) is 23.7 Å². The Balaban J connectivity index is 1.22. The van der Waals surface area contributed by atoms with Crippen molar-refractivity contribution < 1.29 is 19.5 Å². The Morgan fingerprint density at radius 1 is 1.06 bits per heavy atom. The van der Waals surface area contributed by atoms with Gasteiger partial charge in [-0.15, -0.1) is 11.3 Å². The van der Waals surface area contributed by atoms with Crippen LogP contribution in [0, 0.1) is 30.6 Å². The van der Waals surface area contributed by atoms with Crippen molar-refractivity contribution in [1.29, 1.82) is 0 Å². The molecule has 1 saturated carbocycles. The molecule has 174 valence electrons. The van der Waals surface area contributed by atoms with Gasteiger partial charge in [0.05, 0.1) is 27.8 Å². The first-order valence-corrected chi connectivity index (χ1v) is 12.8. The number of nitrogens with zero attached hydrogens (tertiary/aromatic N) is 1. The number of hydrogen-bond acceptors (Lipinski definition) is 6. The van der Waals surface area contributed by atoms with Crippen LogP contribution < -0.4 is 10.6 Å². The number of amides is 2. The molecule has 2 aliphatic rings. The number of carbonyl (C=O) groups excluding carboxylic acids is 2. The SMILES string of the molecule is Cc1cccc(NC(=O)CSc2nc3ccc(NC(=O)[C@@H]4[C@@H](C(=O)O)[C@H]5C=C[C@H]4C5)cc3s2)c1. The van der Waals surface area contributed by atoms with Gasteiger partial charge >= 0.3 is 5.97 Å². The molecule has 34 heavy (non-hydrogen) atoms. The topological polar surface area (TPSA) is 108 Å². The van der Waals surface area contributed by atoms with Gasteiger partial charge in [0, 0.05) is 11.4 Å². The van der Waals surface area contributed by atoms with Gasteiger partial charge in [-0.25, -0.2) is 4.98 Å². The Morgan fingerprint density at radius 3 is 2.59 bits per heavy atom. The second kappa shape index (κ2) is 9.23. The molecule has 2 bridgehead atoms. The Bertz CT molecular complexity index is 1320. The van der Waals surface area contributed by atoms with Crippen molar-refractivity contribution in [3.8, 4) is 0 Å². The van der Waals surface area contributed by atoms with Gasteiger partial charge in [0.25, 0.3) is 0 Å². The summed E-state index contributed by atoms with van der Waals surface area (Å²) in [6, 6.07) is 13.1. The van der Waals surface area contributed by atoms with E-state index in [-0.39, 0.29) is 29.4 Å². The first-order chi connectivity index (χ1) is 16.4. The van der Waals surface area contributed by atoms with Gasteiger partial charge in [-0.2, -0.15) is 0 Å². The zero-order chi connectivity index (χ0) is 23.8. The average Bonchev–Trinajstić information content (AvgIpc) is 3.51. The first-order valence-electron chi connectivity index (χ1n) is 11.0. The summed E-state index contributed by atoms with van der Waals surface area (Å²) in [7, 11) is 0. The molecule has 1 aromatic heterocycles. The van der Waals surface area contributed by atoms with Crippen molar-refractivity contribution in [3.05, 3.63) is 60.2 Å². The fraction of sp³-hybridized carbons (Fsp3) is 0.280. The van der Waals surface area contributed by atoms with E-state index in [1.165, 1.54) is 23.1 Å². The lowest BCUT2D eigenvalue weighted by Gasteiger charge is -2.23. The van der Waals surface area contributed by atoms with Crippen LogP contribution in [0.4, 0.5) is 11.4 Å². The summed E-state index contributed by atoms with van der Waals surface area (Å²) in [6.07, 6.45) is 4.62. The molecule has 5 rings (SSSR count). The van der Waals surface area contributed by atoms with E-state index in [0.29, 0.717) is 5.69 Å². The number of rotatable bonds is 7. The molecule has 0 unspecified atom stereocenters. The number of thiazole rings is 1. The van der Waals surface area contributed by atoms with Gasteiger partial charge in [-0.05, 0) is 61.1 Å². The smallest absolute Gasteiger partial charge is 0.307 e. The second-order valence-electron chi connectivity index (χ2n) is 8.70. The summed E-state index contributed by atoms with van der Waals surface area (Å²) in [6.45, 7) is 1.97. The highest BCUT2D eigenvalue weighted by atomic mass is 32.2. The van der Waals surface area contributed by atoms with Crippen LogP contribution in [0.15, 0.2) is 59.0 Å². The van der Waals surface area contributed by atoms with Crippen LogP contribution in [-0.2, 0) is 14.4 Å². The predicted molar refractivity (Wildman–Crippen MR) is 134 cm³/mol. The maximum absolute atomic E-state index is 12.9. The van der Waals surface area contributed by atoms with Crippen LogP contribution in [0.3, 0.4) is 0 Å². The lowest BCUT2D eigenvalue weighted by Crippen LogP contribution is -2.36. The van der Waals surface area contributed by atoms with Gasteiger partial charge < -0.3 is 15.7 Å². The van der Waals surface area contributed by atoms with Crippen LogP contribution in [-0.4, -0.2) is 33.6 Å². The summed E-state index contributed by atoms with van der Waals surface area (Å²) >= 11 is 2.82. The van der Waals surface area contributed by atoms with Crippen LogP contribution in [0.1, 0.15) is 12.0 Å². The van der Waals surface area contributed by atoms with Crippen LogP contribution in [0.5, 0.6) is 0 Å². The van der Waals surface area contributed by atoms with E-state index in [4.69, 9.17) is 0 Å². The summed E-state index contributed by atoms with van der Waals surface area (Å²) in [5.41, 5.74) is 3.25. The minimum Gasteiger partial charge on any atom is -0.481 e. The third kappa shape index (κ3) is 4.58. The summed E-state index contributed by atoms with van der Waals surface area (Å²) < 4.78 is 1.66. The summed E-state index contributed by atoms with van der Waals surface area (Å²) in [4.78, 5) is 41.5. The number of carboxylic acid groups (broad SMARTS) is 1. The fourth-order valence-electron chi connectivity index (χ4n) is 4.83. The highest BCUT2D eigenvalue weighted by Crippen LogP contribution is 2.48. The Hall–Kier alpha value is -3.17. The molecule has 1 heterocycles. The molecule has 2 aliphatic carbocycles. The maximum Gasteiger partial charge on any atom is 0.307 e. The summed E-state index contributed by atoms with van der Waals surface area (Å²) in [5.74, 6) is -2.34. The normalized spacial score (nSPS) is 22.7. The van der Waals surface area contributed by atoms with Crippen molar-refractivity contribution in [1.82, 2.24) is 4.98 Å². The fourth-order valence-corrected chi connectivity index (χ4v) is 6.74. The van der Waals surface area contributed by atoms with Crippen molar-refractivity contribution >= 4 is 62.5 Å². The molecule has 2 amide bonds. The van der Waals surface area contributed by atoms with Crippen molar-refractivity contribution in [2.75, 3.05) is 16.4 Å². The Morgan fingerprint density at radius 2 is 1.82 bits per heavy atom. The number of aryl methyl sites for hydroxylation is 1. The number of allylic oxidation sites excluding steroid dienone is 2. The minimum atomic E-state index is -0.914. The van der Waals surface area contributed by atoms with Gasteiger partial charge in [0.2, 0.25) is 11.8 Å². The number of carboxylic acids is 1.